The Morgan fingerprint density at radius 1 is 1.12 bits per heavy atom. The van der Waals surface area contributed by atoms with Crippen molar-refractivity contribution < 1.29 is 14.2 Å². The van der Waals surface area contributed by atoms with E-state index in [2.05, 4.69) is 30.8 Å². The zero-order valence-electron chi connectivity index (χ0n) is 14.1. The molecule has 3 unspecified atom stereocenters. The number of nitrogens with zero attached hydrogens (tertiary/aromatic N) is 1. The zero-order chi connectivity index (χ0) is 16.5. The molecule has 1 aromatic rings. The van der Waals surface area contributed by atoms with Crippen LogP contribution in [0.4, 0.5) is 0 Å². The molecule has 4 heteroatoms. The van der Waals surface area contributed by atoms with Crippen LogP contribution in [0.15, 0.2) is 24.0 Å². The van der Waals surface area contributed by atoms with E-state index in [1.54, 1.807) is 0 Å². The van der Waals surface area contributed by atoms with Gasteiger partial charge in [-0.2, -0.15) is 0 Å². The van der Waals surface area contributed by atoms with E-state index in [0.29, 0.717) is 13.2 Å². The molecule has 3 atom stereocenters. The maximum atomic E-state index is 8.10. The van der Waals surface area contributed by atoms with Crippen LogP contribution < -0.4 is 0 Å². The largest absolute Gasteiger partial charge is 0.497 e. The number of hydrogen-bond acceptors (Lipinski definition) is 3. The summed E-state index contributed by atoms with van der Waals surface area (Å²) >= 11 is 0. The van der Waals surface area contributed by atoms with Gasteiger partial charge in [-0.05, 0) is 36.6 Å². The van der Waals surface area contributed by atoms with Crippen molar-refractivity contribution in [3.63, 3.8) is 0 Å². The zero-order valence-corrected chi connectivity index (χ0v) is 14.1. The lowest BCUT2D eigenvalue weighted by Gasteiger charge is -2.46. The third-order valence-corrected chi connectivity index (χ3v) is 6.43. The van der Waals surface area contributed by atoms with Crippen LogP contribution in [0, 0.1) is 26.3 Å². The third kappa shape index (κ3) is 1.60. The first kappa shape index (κ1) is 14.5. The minimum Gasteiger partial charge on any atom is -0.497 e. The Labute approximate surface area is 142 Å². The molecule has 124 valence electrons. The van der Waals surface area contributed by atoms with Gasteiger partial charge in [-0.15, -0.1) is 0 Å². The molecule has 24 heavy (non-hydrogen) atoms. The molecule has 0 radical (unpaired) electrons. The lowest BCUT2D eigenvalue weighted by molar-refractivity contribution is -0.155. The molecule has 2 aliphatic heterocycles. The van der Waals surface area contributed by atoms with Gasteiger partial charge in [-0.1, -0.05) is 6.07 Å². The highest BCUT2D eigenvalue weighted by molar-refractivity contribution is 5.51. The van der Waals surface area contributed by atoms with Gasteiger partial charge in [-0.3, -0.25) is 0 Å². The molecular formula is C20H21NO3. The second-order valence-electron chi connectivity index (χ2n) is 7.51. The summed E-state index contributed by atoms with van der Waals surface area (Å²) in [5, 5.41) is 0. The standard InChI is InChI=1S/C20H21NO3/c1-12-8-14-10-17-18-16(11-22-17)20(23-6-7-24-20)5-4-19(18,21-3)15(14)9-13(12)2/h8-9,11,17-18H,4-7,10H2,1-2H3. The Morgan fingerprint density at radius 2 is 1.88 bits per heavy atom. The highest BCUT2D eigenvalue weighted by Gasteiger charge is 2.67. The van der Waals surface area contributed by atoms with Crippen molar-refractivity contribution in [3.8, 4) is 0 Å². The van der Waals surface area contributed by atoms with Crippen LogP contribution in [-0.4, -0.2) is 25.1 Å². The second-order valence-corrected chi connectivity index (χ2v) is 7.51. The van der Waals surface area contributed by atoms with E-state index in [9.17, 15) is 0 Å². The third-order valence-electron chi connectivity index (χ3n) is 6.43. The molecule has 2 aliphatic carbocycles. The van der Waals surface area contributed by atoms with Crippen LogP contribution in [0.1, 0.15) is 35.1 Å². The van der Waals surface area contributed by atoms with Gasteiger partial charge < -0.3 is 19.1 Å². The molecule has 1 saturated carbocycles. The smallest absolute Gasteiger partial charge is 0.268 e. The molecule has 4 nitrogen and oxygen atoms in total. The molecule has 4 aliphatic rings. The van der Waals surface area contributed by atoms with E-state index in [1.165, 1.54) is 22.3 Å². The fourth-order valence-corrected chi connectivity index (χ4v) is 5.14. The molecule has 2 heterocycles. The Bertz CT molecular complexity index is 800. The summed E-state index contributed by atoms with van der Waals surface area (Å²) in [5.74, 6) is -0.610. The van der Waals surface area contributed by atoms with Crippen molar-refractivity contribution in [1.82, 2.24) is 0 Å². The Kier molecular flexibility index (Phi) is 2.79. The van der Waals surface area contributed by atoms with E-state index >= 15 is 0 Å². The molecule has 0 N–H and O–H groups in total. The number of aryl methyl sites for hydroxylation is 2. The molecule has 2 fully saturated rings. The second kappa shape index (κ2) is 4.62. The summed E-state index contributed by atoms with van der Waals surface area (Å²) in [6, 6.07) is 4.49. The van der Waals surface area contributed by atoms with Crippen LogP contribution in [0.3, 0.4) is 0 Å². The summed E-state index contributed by atoms with van der Waals surface area (Å²) in [5.41, 5.74) is 5.53. The van der Waals surface area contributed by atoms with Crippen LogP contribution in [-0.2, 0) is 26.2 Å². The average molecular weight is 323 g/mol. The lowest BCUT2D eigenvalue weighted by atomic mass is 9.59. The SMILES string of the molecule is [C-]#[N+]C12CCC3(OCCO3)C3=COC(Cc4cc(C)c(C)cc41)C32. The number of benzene rings is 1. The first-order valence-electron chi connectivity index (χ1n) is 8.73. The van der Waals surface area contributed by atoms with E-state index in [-0.39, 0.29) is 12.0 Å². The Balaban J connectivity index is 1.70. The maximum Gasteiger partial charge on any atom is 0.268 e. The van der Waals surface area contributed by atoms with Gasteiger partial charge in [0.15, 0.2) is 5.79 Å². The molecule has 0 aromatic heterocycles. The van der Waals surface area contributed by atoms with Gasteiger partial charge in [-0.25, -0.2) is 6.57 Å². The molecular weight excluding hydrogens is 302 g/mol. The fourth-order valence-electron chi connectivity index (χ4n) is 5.14. The quantitative estimate of drug-likeness (QED) is 0.686. The van der Waals surface area contributed by atoms with Gasteiger partial charge in [0.2, 0.25) is 0 Å². The van der Waals surface area contributed by atoms with Crippen molar-refractivity contribution in [2.75, 3.05) is 13.2 Å². The van der Waals surface area contributed by atoms with Gasteiger partial charge >= 0.3 is 0 Å². The summed E-state index contributed by atoms with van der Waals surface area (Å²) in [7, 11) is 0. The molecule has 0 amide bonds. The number of fused-ring (bicyclic) bond motifs is 3. The predicted octanol–water partition coefficient (Wildman–Crippen LogP) is 3.41. The lowest BCUT2D eigenvalue weighted by Crippen LogP contribution is -2.54. The minimum absolute atomic E-state index is 0.0219. The number of rotatable bonds is 0. The number of hydrogen-bond donors (Lipinski definition) is 0. The first-order valence-corrected chi connectivity index (χ1v) is 8.73. The van der Waals surface area contributed by atoms with Crippen molar-refractivity contribution in [3.05, 3.63) is 57.6 Å². The van der Waals surface area contributed by atoms with Gasteiger partial charge in [0, 0.05) is 30.4 Å². The highest BCUT2D eigenvalue weighted by atomic mass is 16.7. The van der Waals surface area contributed by atoms with E-state index in [1.807, 2.05) is 6.26 Å². The van der Waals surface area contributed by atoms with Crippen LogP contribution in [0.2, 0.25) is 0 Å². The van der Waals surface area contributed by atoms with Gasteiger partial charge in [0.25, 0.3) is 5.54 Å². The monoisotopic (exact) mass is 323 g/mol. The molecule has 0 bridgehead atoms. The van der Waals surface area contributed by atoms with Gasteiger partial charge in [0.1, 0.15) is 12.0 Å². The van der Waals surface area contributed by atoms with Crippen LogP contribution in [0.5, 0.6) is 0 Å². The molecule has 1 aromatic carbocycles. The van der Waals surface area contributed by atoms with E-state index in [4.69, 9.17) is 20.8 Å². The number of ether oxygens (including phenoxy) is 3. The first-order chi connectivity index (χ1) is 11.6. The van der Waals surface area contributed by atoms with Crippen molar-refractivity contribution >= 4 is 0 Å². The molecule has 5 rings (SSSR count). The average Bonchev–Trinajstić information content (AvgIpc) is 3.21. The minimum atomic E-state index is -0.648. The Hall–Kier alpha value is -1.83. The predicted molar refractivity (Wildman–Crippen MR) is 88.2 cm³/mol. The van der Waals surface area contributed by atoms with Crippen molar-refractivity contribution in [2.45, 2.75) is 50.5 Å². The topological polar surface area (TPSA) is 32.0 Å². The van der Waals surface area contributed by atoms with Crippen LogP contribution in [0.25, 0.3) is 4.85 Å². The Morgan fingerprint density at radius 3 is 2.62 bits per heavy atom. The summed E-state index contributed by atoms with van der Waals surface area (Å²) in [4.78, 5) is 4.23. The van der Waals surface area contributed by atoms with E-state index in [0.717, 1.165) is 24.8 Å². The summed E-state index contributed by atoms with van der Waals surface area (Å²) in [6.07, 6.45) is 4.20. The summed E-state index contributed by atoms with van der Waals surface area (Å²) in [6.45, 7) is 13.6. The van der Waals surface area contributed by atoms with E-state index < -0.39 is 11.3 Å². The van der Waals surface area contributed by atoms with Crippen molar-refractivity contribution in [2.24, 2.45) is 5.92 Å². The maximum absolute atomic E-state index is 8.10. The van der Waals surface area contributed by atoms with Crippen LogP contribution >= 0.6 is 0 Å². The van der Waals surface area contributed by atoms with Crippen molar-refractivity contribution in [1.29, 1.82) is 0 Å². The van der Waals surface area contributed by atoms with Gasteiger partial charge in [0.05, 0.1) is 19.5 Å². The normalized spacial score (nSPS) is 35.0. The summed E-state index contributed by atoms with van der Waals surface area (Å²) < 4.78 is 18.1. The highest BCUT2D eigenvalue weighted by Crippen LogP contribution is 2.60. The molecule has 1 spiro atoms. The fraction of sp³-hybridized carbons (Fsp3) is 0.550. The molecule has 1 saturated heterocycles.